The number of rotatable bonds is 9. The molecule has 0 bridgehead atoms. The summed E-state index contributed by atoms with van der Waals surface area (Å²) in [5.74, 6) is 1.26. The first-order valence-electron chi connectivity index (χ1n) is 13.6. The fourth-order valence-corrected chi connectivity index (χ4v) is 7.96. The van der Waals surface area contributed by atoms with Gasteiger partial charge in [-0.2, -0.15) is 4.98 Å². The number of nitrogens with one attached hydrogen (secondary N) is 2. The van der Waals surface area contributed by atoms with Crippen molar-refractivity contribution in [1.82, 2.24) is 19.9 Å². The van der Waals surface area contributed by atoms with Crippen molar-refractivity contribution in [3.8, 4) is 10.6 Å². The van der Waals surface area contributed by atoms with Gasteiger partial charge in [0.25, 0.3) is 0 Å². The fraction of sp³-hybridized carbons (Fsp3) is 0.630. The number of thiazole rings is 1. The molecule has 3 saturated carbocycles. The Morgan fingerprint density at radius 1 is 1.15 bits per heavy atom. The van der Waals surface area contributed by atoms with Crippen molar-refractivity contribution in [3.05, 3.63) is 23.7 Å². The minimum absolute atomic E-state index is 0.183. The molecule has 39 heavy (non-hydrogen) atoms. The molecule has 6 rings (SSSR count). The predicted octanol–water partition coefficient (Wildman–Crippen LogP) is 3.36. The van der Waals surface area contributed by atoms with E-state index in [4.69, 9.17) is 15.0 Å². The number of aryl methyl sites for hydroxylation is 1. The molecule has 0 radical (unpaired) electrons. The molecule has 3 aliphatic rings. The van der Waals surface area contributed by atoms with Crippen LogP contribution in [0.4, 0.5) is 11.8 Å². The van der Waals surface area contributed by atoms with Gasteiger partial charge in [0.05, 0.1) is 39.5 Å². The summed E-state index contributed by atoms with van der Waals surface area (Å²) < 4.78 is 24.9. The smallest absolute Gasteiger partial charge is 0.224 e. The Balaban J connectivity index is 1.35. The molecule has 3 aromatic heterocycles. The fourth-order valence-electron chi connectivity index (χ4n) is 5.79. The van der Waals surface area contributed by atoms with Gasteiger partial charge in [-0.25, -0.2) is 18.4 Å². The van der Waals surface area contributed by atoms with Crippen LogP contribution in [0.3, 0.4) is 0 Å². The molecule has 0 aliphatic heterocycles. The molecule has 3 aromatic rings. The maximum Gasteiger partial charge on any atom is 0.224 e. The van der Waals surface area contributed by atoms with Gasteiger partial charge in [0.1, 0.15) is 32.3 Å². The number of hydrogen-bond acceptors (Lipinski definition) is 11. The Kier molecular flexibility index (Phi) is 6.60. The number of aromatic nitrogens is 4. The normalized spacial score (nSPS) is 28.1. The van der Waals surface area contributed by atoms with E-state index in [0.29, 0.717) is 35.4 Å². The van der Waals surface area contributed by atoms with E-state index in [1.165, 1.54) is 0 Å². The quantitative estimate of drug-likeness (QED) is 0.301. The SMILES string of the molecule is Cc1nc(NCC2CC2(C)C)nc(N[C@@H]2C[C@H](CS(C)(=O)=O)[C@@H](O)[C@H]2O)c1-c1nc2c(C3CC3)nccc2s1. The second-order valence-electron chi connectivity index (χ2n) is 12.3. The predicted molar refractivity (Wildman–Crippen MR) is 153 cm³/mol. The van der Waals surface area contributed by atoms with E-state index >= 15 is 0 Å². The molecule has 4 N–H and O–H groups in total. The average Bonchev–Trinajstić information content (AvgIpc) is 3.72. The number of fused-ring (bicyclic) bond motifs is 1. The van der Waals surface area contributed by atoms with Crippen LogP contribution in [0.5, 0.6) is 0 Å². The Hall–Kier alpha value is -2.41. The van der Waals surface area contributed by atoms with Gasteiger partial charge < -0.3 is 20.8 Å². The molecule has 0 aromatic carbocycles. The van der Waals surface area contributed by atoms with E-state index in [9.17, 15) is 18.6 Å². The van der Waals surface area contributed by atoms with Crippen molar-refractivity contribution in [1.29, 1.82) is 0 Å². The molecule has 3 heterocycles. The highest BCUT2D eigenvalue weighted by Crippen LogP contribution is 2.51. The van der Waals surface area contributed by atoms with Crippen LogP contribution in [0, 0.1) is 24.2 Å². The van der Waals surface area contributed by atoms with E-state index < -0.39 is 34.0 Å². The zero-order chi connectivity index (χ0) is 27.7. The lowest BCUT2D eigenvalue weighted by Crippen LogP contribution is -2.36. The van der Waals surface area contributed by atoms with E-state index in [0.717, 1.165) is 64.2 Å². The first-order chi connectivity index (χ1) is 18.4. The van der Waals surface area contributed by atoms with Crippen molar-refractivity contribution in [2.24, 2.45) is 17.3 Å². The van der Waals surface area contributed by atoms with E-state index in [1.807, 2.05) is 19.2 Å². The third-order valence-electron chi connectivity index (χ3n) is 8.47. The second kappa shape index (κ2) is 9.60. The lowest BCUT2D eigenvalue weighted by atomic mass is 10.1. The number of sulfone groups is 1. The maximum atomic E-state index is 11.9. The van der Waals surface area contributed by atoms with Crippen molar-refractivity contribution in [2.75, 3.05) is 29.2 Å². The number of aliphatic hydroxyl groups is 2. The van der Waals surface area contributed by atoms with Gasteiger partial charge in [0, 0.05) is 30.8 Å². The third kappa shape index (κ3) is 5.48. The van der Waals surface area contributed by atoms with Gasteiger partial charge in [-0.05, 0) is 50.0 Å². The highest BCUT2D eigenvalue weighted by molar-refractivity contribution is 7.90. The van der Waals surface area contributed by atoms with Crippen LogP contribution in [-0.2, 0) is 9.84 Å². The highest BCUT2D eigenvalue weighted by Gasteiger charge is 2.45. The number of hydrogen-bond donors (Lipinski definition) is 4. The van der Waals surface area contributed by atoms with Gasteiger partial charge in [-0.3, -0.25) is 4.98 Å². The monoisotopic (exact) mass is 572 g/mol. The molecule has 1 unspecified atom stereocenters. The van der Waals surface area contributed by atoms with Crippen LogP contribution in [0.2, 0.25) is 0 Å². The summed E-state index contributed by atoms with van der Waals surface area (Å²) in [5, 5.41) is 29.0. The lowest BCUT2D eigenvalue weighted by Gasteiger charge is -2.21. The first kappa shape index (κ1) is 26.8. The Morgan fingerprint density at radius 2 is 1.90 bits per heavy atom. The summed E-state index contributed by atoms with van der Waals surface area (Å²) in [7, 11) is -3.31. The van der Waals surface area contributed by atoms with Gasteiger partial charge in [0.2, 0.25) is 5.95 Å². The average molecular weight is 573 g/mol. The topological polar surface area (TPSA) is 150 Å². The lowest BCUT2D eigenvalue weighted by molar-refractivity contribution is 0.0216. The second-order valence-corrected chi connectivity index (χ2v) is 15.5. The molecular weight excluding hydrogens is 536 g/mol. The third-order valence-corrected chi connectivity index (χ3v) is 10.5. The standard InChI is InChI=1S/C27H36N6O4S2/c1-13-19(25-32-21-18(38-25)7-8-28-20(21)14-5-6-14)24(33-26(30-13)29-11-16-10-27(16,2)3)31-17-9-15(12-39(4,36)37)22(34)23(17)35/h7-8,14-17,22-23,34-35H,5-6,9-12H2,1-4H3,(H2,29,30,31,33)/t15-,16?,17-,22-,23+/m1/s1. The number of anilines is 2. The number of aliphatic hydroxyl groups excluding tert-OH is 2. The number of nitrogens with zero attached hydrogens (tertiary/aromatic N) is 4. The van der Waals surface area contributed by atoms with Crippen molar-refractivity contribution < 1.29 is 18.6 Å². The zero-order valence-electron chi connectivity index (χ0n) is 22.7. The van der Waals surface area contributed by atoms with E-state index in [1.54, 1.807) is 11.3 Å². The van der Waals surface area contributed by atoms with E-state index in [-0.39, 0.29) is 5.75 Å². The van der Waals surface area contributed by atoms with Crippen LogP contribution in [0.1, 0.15) is 56.8 Å². The van der Waals surface area contributed by atoms with Crippen LogP contribution >= 0.6 is 11.3 Å². The van der Waals surface area contributed by atoms with Crippen LogP contribution < -0.4 is 10.6 Å². The molecule has 12 heteroatoms. The molecule has 0 amide bonds. The highest BCUT2D eigenvalue weighted by atomic mass is 32.2. The summed E-state index contributed by atoms with van der Waals surface area (Å²) in [4.78, 5) is 19.2. The molecule has 3 aliphatic carbocycles. The van der Waals surface area contributed by atoms with Gasteiger partial charge in [0.15, 0.2) is 0 Å². The number of pyridine rings is 1. The first-order valence-corrected chi connectivity index (χ1v) is 16.5. The minimum Gasteiger partial charge on any atom is -0.390 e. The molecule has 210 valence electrons. The summed E-state index contributed by atoms with van der Waals surface area (Å²) in [6, 6.07) is 1.40. The van der Waals surface area contributed by atoms with E-state index in [2.05, 4.69) is 29.5 Å². The molecule has 0 saturated heterocycles. The van der Waals surface area contributed by atoms with Crippen LogP contribution in [-0.4, -0.2) is 75.4 Å². The van der Waals surface area contributed by atoms with Crippen molar-refractivity contribution in [2.45, 2.75) is 70.6 Å². The van der Waals surface area contributed by atoms with Gasteiger partial charge in [-0.15, -0.1) is 11.3 Å². The molecule has 10 nitrogen and oxygen atoms in total. The molecule has 3 fully saturated rings. The molecule has 5 atom stereocenters. The summed E-state index contributed by atoms with van der Waals surface area (Å²) >= 11 is 1.56. The molecular formula is C27H36N6O4S2. The van der Waals surface area contributed by atoms with Crippen molar-refractivity contribution >= 4 is 43.2 Å². The summed E-state index contributed by atoms with van der Waals surface area (Å²) in [6.45, 7) is 7.19. The van der Waals surface area contributed by atoms with Crippen molar-refractivity contribution in [3.63, 3.8) is 0 Å². The Bertz CT molecular complexity index is 1520. The summed E-state index contributed by atoms with van der Waals surface area (Å²) in [6.07, 6.45) is 4.41. The Labute approximate surface area is 232 Å². The largest absolute Gasteiger partial charge is 0.390 e. The summed E-state index contributed by atoms with van der Waals surface area (Å²) in [5.41, 5.74) is 3.74. The zero-order valence-corrected chi connectivity index (χ0v) is 24.3. The maximum absolute atomic E-state index is 11.9. The molecule has 0 spiro atoms. The van der Waals surface area contributed by atoms with Gasteiger partial charge in [-0.1, -0.05) is 13.8 Å². The minimum atomic E-state index is -3.31. The van der Waals surface area contributed by atoms with Crippen LogP contribution in [0.25, 0.3) is 20.8 Å². The Morgan fingerprint density at radius 3 is 2.56 bits per heavy atom. The van der Waals surface area contributed by atoms with Crippen LogP contribution in [0.15, 0.2) is 12.3 Å². The van der Waals surface area contributed by atoms with Gasteiger partial charge >= 0.3 is 0 Å².